The second kappa shape index (κ2) is 2.76. The molecule has 1 spiro atoms. The first kappa shape index (κ1) is 8.60. The van der Waals surface area contributed by atoms with Crippen LogP contribution in [0.25, 0.3) is 0 Å². The summed E-state index contributed by atoms with van der Waals surface area (Å²) in [6.45, 7) is 0. The Morgan fingerprint density at radius 1 is 1.46 bits per heavy atom. The van der Waals surface area contributed by atoms with Crippen molar-refractivity contribution in [1.82, 2.24) is 0 Å². The maximum Gasteiger partial charge on any atom is 0.337 e. The van der Waals surface area contributed by atoms with Crippen molar-refractivity contribution < 1.29 is 14.6 Å². The average molecular weight is 182 g/mol. The molecule has 72 valence electrons. The third kappa shape index (κ3) is 1.43. The monoisotopic (exact) mass is 182 g/mol. The standard InChI is InChI=1S/C10H14O3/c1-13-9(12)7-6-10(4-5-10)3-2-8(7)11/h11H,2-6H2,1H3. The van der Waals surface area contributed by atoms with Crippen LogP contribution < -0.4 is 0 Å². The van der Waals surface area contributed by atoms with Gasteiger partial charge >= 0.3 is 5.97 Å². The van der Waals surface area contributed by atoms with Gasteiger partial charge in [-0.05, 0) is 31.1 Å². The third-order valence-electron chi connectivity index (χ3n) is 3.18. The number of allylic oxidation sites excluding steroid dienone is 1. The molecule has 0 aromatic heterocycles. The summed E-state index contributed by atoms with van der Waals surface area (Å²) in [7, 11) is 1.36. The number of carbonyl (C=O) groups excluding carboxylic acids is 1. The van der Waals surface area contributed by atoms with Gasteiger partial charge in [0.15, 0.2) is 0 Å². The van der Waals surface area contributed by atoms with Crippen LogP contribution in [-0.2, 0) is 9.53 Å². The molecule has 1 N–H and O–H groups in total. The zero-order valence-electron chi connectivity index (χ0n) is 7.80. The topological polar surface area (TPSA) is 46.5 Å². The molecule has 0 saturated heterocycles. The lowest BCUT2D eigenvalue weighted by molar-refractivity contribution is -0.136. The first-order valence-electron chi connectivity index (χ1n) is 4.66. The first-order valence-corrected chi connectivity index (χ1v) is 4.66. The molecule has 0 bridgehead atoms. The van der Waals surface area contributed by atoms with E-state index in [1.165, 1.54) is 20.0 Å². The molecular formula is C10H14O3. The van der Waals surface area contributed by atoms with Gasteiger partial charge in [0, 0.05) is 6.42 Å². The largest absolute Gasteiger partial charge is 0.512 e. The zero-order valence-corrected chi connectivity index (χ0v) is 7.80. The van der Waals surface area contributed by atoms with Crippen molar-refractivity contribution in [3.05, 3.63) is 11.3 Å². The van der Waals surface area contributed by atoms with E-state index in [4.69, 9.17) is 0 Å². The summed E-state index contributed by atoms with van der Waals surface area (Å²) in [5.41, 5.74) is 0.849. The summed E-state index contributed by atoms with van der Waals surface area (Å²) < 4.78 is 4.62. The van der Waals surface area contributed by atoms with Crippen molar-refractivity contribution in [3.63, 3.8) is 0 Å². The molecular weight excluding hydrogens is 168 g/mol. The van der Waals surface area contributed by atoms with E-state index in [0.29, 0.717) is 23.8 Å². The molecule has 0 atom stereocenters. The highest BCUT2D eigenvalue weighted by Gasteiger charge is 2.46. The van der Waals surface area contributed by atoms with E-state index in [-0.39, 0.29) is 11.7 Å². The average Bonchev–Trinajstić information content (AvgIpc) is 2.89. The fourth-order valence-corrected chi connectivity index (χ4v) is 2.02. The summed E-state index contributed by atoms with van der Waals surface area (Å²) in [6, 6.07) is 0. The molecule has 1 fully saturated rings. The van der Waals surface area contributed by atoms with Crippen LogP contribution in [0.4, 0.5) is 0 Å². The maximum atomic E-state index is 11.3. The van der Waals surface area contributed by atoms with Crippen LogP contribution in [0.2, 0.25) is 0 Å². The summed E-state index contributed by atoms with van der Waals surface area (Å²) >= 11 is 0. The molecule has 3 heteroatoms. The smallest absolute Gasteiger partial charge is 0.337 e. The van der Waals surface area contributed by atoms with Crippen LogP contribution in [0, 0.1) is 5.41 Å². The number of rotatable bonds is 1. The molecule has 1 saturated carbocycles. The van der Waals surface area contributed by atoms with Gasteiger partial charge in [-0.15, -0.1) is 0 Å². The van der Waals surface area contributed by atoms with Crippen molar-refractivity contribution >= 4 is 5.97 Å². The lowest BCUT2D eigenvalue weighted by Gasteiger charge is -2.22. The van der Waals surface area contributed by atoms with Gasteiger partial charge in [-0.2, -0.15) is 0 Å². The molecule has 2 rings (SSSR count). The van der Waals surface area contributed by atoms with E-state index in [9.17, 15) is 9.90 Å². The van der Waals surface area contributed by atoms with Crippen LogP contribution in [0.3, 0.4) is 0 Å². The van der Waals surface area contributed by atoms with Gasteiger partial charge in [-0.25, -0.2) is 4.79 Å². The summed E-state index contributed by atoms with van der Waals surface area (Å²) in [5.74, 6) is -0.118. The third-order valence-corrected chi connectivity index (χ3v) is 3.18. The Kier molecular flexibility index (Phi) is 1.82. The molecule has 2 aliphatic rings. The minimum atomic E-state index is -0.358. The maximum absolute atomic E-state index is 11.3. The summed E-state index contributed by atoms with van der Waals surface area (Å²) in [5, 5.41) is 9.51. The minimum absolute atomic E-state index is 0.240. The van der Waals surface area contributed by atoms with Crippen molar-refractivity contribution in [3.8, 4) is 0 Å². The Morgan fingerprint density at radius 2 is 2.15 bits per heavy atom. The lowest BCUT2D eigenvalue weighted by atomic mass is 9.85. The predicted molar refractivity (Wildman–Crippen MR) is 47.2 cm³/mol. The minimum Gasteiger partial charge on any atom is -0.512 e. The number of methoxy groups -OCH3 is 1. The second-order valence-corrected chi connectivity index (χ2v) is 4.09. The first-order chi connectivity index (χ1) is 6.17. The van der Waals surface area contributed by atoms with Crippen LogP contribution in [-0.4, -0.2) is 18.2 Å². The zero-order chi connectivity index (χ0) is 9.47. The number of carbonyl (C=O) groups is 1. The molecule has 0 unspecified atom stereocenters. The molecule has 0 aromatic rings. The number of ether oxygens (including phenoxy) is 1. The van der Waals surface area contributed by atoms with Crippen molar-refractivity contribution in [2.75, 3.05) is 7.11 Å². The van der Waals surface area contributed by atoms with E-state index in [0.717, 1.165) is 6.42 Å². The quantitative estimate of drug-likeness (QED) is 0.630. The molecule has 0 aromatic carbocycles. The Labute approximate surface area is 77.4 Å². The molecule has 0 aliphatic heterocycles. The Hall–Kier alpha value is -0.990. The molecule has 0 radical (unpaired) electrons. The van der Waals surface area contributed by atoms with Crippen LogP contribution >= 0.6 is 0 Å². The van der Waals surface area contributed by atoms with Gasteiger partial charge in [0.05, 0.1) is 12.7 Å². The molecule has 0 amide bonds. The van der Waals surface area contributed by atoms with Crippen LogP contribution in [0.1, 0.15) is 32.1 Å². The molecule has 0 heterocycles. The van der Waals surface area contributed by atoms with E-state index >= 15 is 0 Å². The summed E-state index contributed by atoms with van der Waals surface area (Å²) in [4.78, 5) is 11.3. The van der Waals surface area contributed by atoms with Gasteiger partial charge < -0.3 is 9.84 Å². The fourth-order valence-electron chi connectivity index (χ4n) is 2.02. The van der Waals surface area contributed by atoms with E-state index < -0.39 is 0 Å². The lowest BCUT2D eigenvalue weighted by Crippen LogP contribution is -2.18. The number of hydrogen-bond donors (Lipinski definition) is 1. The van der Waals surface area contributed by atoms with Crippen LogP contribution in [0.5, 0.6) is 0 Å². The van der Waals surface area contributed by atoms with Gasteiger partial charge in [0.1, 0.15) is 5.76 Å². The molecule has 2 aliphatic carbocycles. The number of aliphatic hydroxyl groups excluding tert-OH is 1. The predicted octanol–water partition coefficient (Wildman–Crippen LogP) is 1.94. The van der Waals surface area contributed by atoms with Gasteiger partial charge in [0.2, 0.25) is 0 Å². The SMILES string of the molecule is COC(=O)C1=C(O)CCC2(CC2)C1. The van der Waals surface area contributed by atoms with Gasteiger partial charge in [0.25, 0.3) is 0 Å². The van der Waals surface area contributed by atoms with Gasteiger partial charge in [-0.1, -0.05) is 0 Å². The van der Waals surface area contributed by atoms with E-state index in [1.54, 1.807) is 0 Å². The molecule has 13 heavy (non-hydrogen) atoms. The highest BCUT2D eigenvalue weighted by Crippen LogP contribution is 2.57. The van der Waals surface area contributed by atoms with Crippen molar-refractivity contribution in [2.24, 2.45) is 5.41 Å². The van der Waals surface area contributed by atoms with Crippen molar-refractivity contribution in [1.29, 1.82) is 0 Å². The Bertz CT molecular complexity index is 274. The number of aliphatic hydroxyl groups is 1. The second-order valence-electron chi connectivity index (χ2n) is 4.09. The Balaban J connectivity index is 2.18. The van der Waals surface area contributed by atoms with Gasteiger partial charge in [-0.3, -0.25) is 0 Å². The highest BCUT2D eigenvalue weighted by atomic mass is 16.5. The van der Waals surface area contributed by atoms with E-state index in [1.807, 2.05) is 0 Å². The normalized spacial score (nSPS) is 24.7. The summed E-state index contributed by atoms with van der Waals surface area (Å²) in [6.07, 6.45) is 4.77. The van der Waals surface area contributed by atoms with Crippen LogP contribution in [0.15, 0.2) is 11.3 Å². The highest BCUT2D eigenvalue weighted by molar-refractivity contribution is 5.89. The van der Waals surface area contributed by atoms with Crippen molar-refractivity contribution in [2.45, 2.75) is 32.1 Å². The Morgan fingerprint density at radius 3 is 2.69 bits per heavy atom. The fraction of sp³-hybridized carbons (Fsp3) is 0.700. The number of hydrogen-bond acceptors (Lipinski definition) is 3. The molecule has 3 nitrogen and oxygen atoms in total. The van der Waals surface area contributed by atoms with E-state index in [2.05, 4.69) is 4.74 Å². The number of esters is 1.